The molecule has 1 saturated carbocycles. The fourth-order valence-corrected chi connectivity index (χ4v) is 4.37. The highest BCUT2D eigenvalue weighted by atomic mass is 35.5. The van der Waals surface area contributed by atoms with Crippen LogP contribution >= 0.6 is 22.9 Å². The van der Waals surface area contributed by atoms with Gasteiger partial charge in [0.25, 0.3) is 5.91 Å². The van der Waals surface area contributed by atoms with E-state index < -0.39 is 0 Å². The van der Waals surface area contributed by atoms with Crippen molar-refractivity contribution in [3.8, 4) is 10.4 Å². The third-order valence-corrected chi connectivity index (χ3v) is 6.08. The molecular weight excluding hydrogens is 358 g/mol. The first kappa shape index (κ1) is 16.7. The first-order valence-corrected chi connectivity index (χ1v) is 9.83. The number of carbonyl (C=O) groups excluding carboxylic acids is 2. The molecule has 0 aromatic carbocycles. The molecule has 2 aromatic heterocycles. The van der Waals surface area contributed by atoms with E-state index in [4.69, 9.17) is 11.6 Å². The molecule has 1 saturated heterocycles. The Labute approximate surface area is 155 Å². The number of H-pyrrole nitrogens is 1. The number of amides is 2. The van der Waals surface area contributed by atoms with Gasteiger partial charge < -0.3 is 15.2 Å². The molecule has 1 aliphatic heterocycles. The van der Waals surface area contributed by atoms with E-state index in [1.54, 1.807) is 6.20 Å². The number of hydrogen-bond donors (Lipinski definition) is 2. The van der Waals surface area contributed by atoms with Crippen LogP contribution in [-0.4, -0.2) is 40.8 Å². The van der Waals surface area contributed by atoms with E-state index in [0.717, 1.165) is 36.1 Å². The number of nitrogens with one attached hydrogen (secondary N) is 2. The molecule has 7 heteroatoms. The summed E-state index contributed by atoms with van der Waals surface area (Å²) in [5.74, 6) is -0.0269. The van der Waals surface area contributed by atoms with E-state index in [1.807, 2.05) is 23.2 Å². The number of rotatable bonds is 4. The van der Waals surface area contributed by atoms with Crippen molar-refractivity contribution in [3.05, 3.63) is 34.4 Å². The van der Waals surface area contributed by atoms with Gasteiger partial charge in [-0.05, 0) is 37.8 Å². The molecule has 2 aromatic rings. The van der Waals surface area contributed by atoms with Crippen molar-refractivity contribution in [1.29, 1.82) is 0 Å². The second kappa shape index (κ2) is 6.84. The van der Waals surface area contributed by atoms with Crippen molar-refractivity contribution in [2.45, 2.75) is 31.7 Å². The smallest absolute Gasteiger partial charge is 0.256 e. The van der Waals surface area contributed by atoms with Crippen LogP contribution in [0.3, 0.4) is 0 Å². The molecule has 2 fully saturated rings. The molecule has 2 aliphatic rings. The van der Waals surface area contributed by atoms with Crippen molar-refractivity contribution in [1.82, 2.24) is 15.2 Å². The maximum atomic E-state index is 13.0. The molecule has 2 amide bonds. The zero-order valence-electron chi connectivity index (χ0n) is 13.8. The zero-order valence-corrected chi connectivity index (χ0v) is 15.3. The van der Waals surface area contributed by atoms with Gasteiger partial charge in [0, 0.05) is 42.0 Å². The summed E-state index contributed by atoms with van der Waals surface area (Å²) >= 11 is 7.48. The molecule has 3 heterocycles. The van der Waals surface area contributed by atoms with Crippen molar-refractivity contribution >= 4 is 34.8 Å². The molecule has 132 valence electrons. The summed E-state index contributed by atoms with van der Waals surface area (Å²) in [6, 6.07) is 4.12. The fraction of sp³-hybridized carbons (Fsp3) is 0.444. The molecule has 1 atom stereocenters. The quantitative estimate of drug-likeness (QED) is 0.856. The van der Waals surface area contributed by atoms with Crippen LogP contribution in [0.25, 0.3) is 10.4 Å². The van der Waals surface area contributed by atoms with Crippen LogP contribution in [0.1, 0.15) is 36.0 Å². The van der Waals surface area contributed by atoms with E-state index in [2.05, 4.69) is 10.3 Å². The Kier molecular flexibility index (Phi) is 4.56. The van der Waals surface area contributed by atoms with Crippen LogP contribution < -0.4 is 5.32 Å². The third kappa shape index (κ3) is 3.60. The van der Waals surface area contributed by atoms with Gasteiger partial charge in [-0.2, -0.15) is 0 Å². The van der Waals surface area contributed by atoms with Crippen LogP contribution in [0.5, 0.6) is 0 Å². The van der Waals surface area contributed by atoms with Crippen LogP contribution in [0, 0.1) is 5.92 Å². The summed E-state index contributed by atoms with van der Waals surface area (Å²) in [6.07, 6.45) is 7.44. The van der Waals surface area contributed by atoms with Crippen LogP contribution in [0.4, 0.5) is 0 Å². The van der Waals surface area contributed by atoms with Crippen molar-refractivity contribution in [3.63, 3.8) is 0 Å². The summed E-state index contributed by atoms with van der Waals surface area (Å²) in [4.78, 5) is 31.1. The van der Waals surface area contributed by atoms with Gasteiger partial charge in [-0.25, -0.2) is 0 Å². The lowest BCUT2D eigenvalue weighted by molar-refractivity contribution is -0.126. The molecule has 0 bridgehead atoms. The van der Waals surface area contributed by atoms with Crippen molar-refractivity contribution in [2.75, 3.05) is 13.1 Å². The molecule has 1 unspecified atom stereocenters. The second-order valence-corrected chi connectivity index (χ2v) is 8.47. The fourth-order valence-electron chi connectivity index (χ4n) is 3.30. The highest BCUT2D eigenvalue weighted by molar-refractivity contribution is 7.19. The minimum absolute atomic E-state index is 0.0234. The molecule has 25 heavy (non-hydrogen) atoms. The maximum absolute atomic E-state index is 13.0. The van der Waals surface area contributed by atoms with E-state index in [-0.39, 0.29) is 17.7 Å². The summed E-state index contributed by atoms with van der Waals surface area (Å²) in [5.41, 5.74) is 1.51. The Bertz CT molecular complexity index is 796. The monoisotopic (exact) mass is 377 g/mol. The Morgan fingerprint density at radius 1 is 1.24 bits per heavy atom. The van der Waals surface area contributed by atoms with Crippen LogP contribution in [0.15, 0.2) is 24.5 Å². The summed E-state index contributed by atoms with van der Waals surface area (Å²) in [6.45, 7) is 1.19. The van der Waals surface area contributed by atoms with E-state index in [9.17, 15) is 9.59 Å². The highest BCUT2D eigenvalue weighted by Crippen LogP contribution is 2.34. The molecule has 1 aliphatic carbocycles. The lowest BCUT2D eigenvalue weighted by atomic mass is 9.96. The van der Waals surface area contributed by atoms with Crippen LogP contribution in [0.2, 0.25) is 4.34 Å². The lowest BCUT2D eigenvalue weighted by Gasteiger charge is -2.32. The normalized spacial score (nSPS) is 20.5. The number of nitrogens with zero attached hydrogens (tertiary/aromatic N) is 1. The molecule has 0 spiro atoms. The largest absolute Gasteiger partial charge is 0.366 e. The number of hydrogen-bond acceptors (Lipinski definition) is 3. The second-order valence-electron chi connectivity index (χ2n) is 6.76. The number of thiophene rings is 1. The Morgan fingerprint density at radius 3 is 2.80 bits per heavy atom. The first-order valence-electron chi connectivity index (χ1n) is 8.64. The Balaban J connectivity index is 1.49. The highest BCUT2D eigenvalue weighted by Gasteiger charge is 2.33. The molecule has 0 radical (unpaired) electrons. The summed E-state index contributed by atoms with van der Waals surface area (Å²) < 4.78 is 0.699. The minimum Gasteiger partial charge on any atom is -0.366 e. The molecule has 2 N–H and O–H groups in total. The zero-order chi connectivity index (χ0) is 17.4. The Morgan fingerprint density at radius 2 is 2.08 bits per heavy atom. The number of halogens is 1. The van der Waals surface area contributed by atoms with Gasteiger partial charge in [-0.1, -0.05) is 11.6 Å². The van der Waals surface area contributed by atoms with Crippen molar-refractivity contribution < 1.29 is 9.59 Å². The third-order valence-electron chi connectivity index (χ3n) is 4.82. The number of likely N-dealkylation sites (tertiary alicyclic amines) is 1. The van der Waals surface area contributed by atoms with E-state index >= 15 is 0 Å². The summed E-state index contributed by atoms with van der Waals surface area (Å²) in [7, 11) is 0. The number of carbonyl (C=O) groups is 2. The number of aromatic amines is 1. The van der Waals surface area contributed by atoms with Gasteiger partial charge in [0.1, 0.15) is 0 Å². The van der Waals surface area contributed by atoms with Crippen LogP contribution in [-0.2, 0) is 4.79 Å². The predicted octanol–water partition coefficient (Wildman–Crippen LogP) is 3.53. The molecule has 4 rings (SSSR count). The number of aromatic nitrogens is 1. The van der Waals surface area contributed by atoms with Gasteiger partial charge in [0.05, 0.1) is 15.8 Å². The van der Waals surface area contributed by atoms with Gasteiger partial charge >= 0.3 is 0 Å². The van der Waals surface area contributed by atoms with Gasteiger partial charge in [-0.3, -0.25) is 9.59 Å². The van der Waals surface area contributed by atoms with Gasteiger partial charge in [-0.15, -0.1) is 11.3 Å². The average Bonchev–Trinajstić information content (AvgIpc) is 3.12. The Hall–Kier alpha value is -1.79. The molecule has 5 nitrogen and oxygen atoms in total. The topological polar surface area (TPSA) is 65.2 Å². The predicted molar refractivity (Wildman–Crippen MR) is 98.9 cm³/mol. The average molecular weight is 378 g/mol. The van der Waals surface area contributed by atoms with E-state index in [1.165, 1.54) is 11.3 Å². The maximum Gasteiger partial charge on any atom is 0.256 e. The first-order chi connectivity index (χ1) is 12.1. The molecular formula is C18H20ClN3O2S. The lowest BCUT2D eigenvalue weighted by Crippen LogP contribution is -2.45. The SMILES string of the molecule is O=C(NC1CC1)C1CCCN(C(=O)c2c[nH]cc2-c2ccc(Cl)s2)C1. The number of piperidine rings is 1. The van der Waals surface area contributed by atoms with E-state index in [0.29, 0.717) is 29.0 Å². The minimum atomic E-state index is -0.100. The van der Waals surface area contributed by atoms with Gasteiger partial charge in [0.2, 0.25) is 5.91 Å². The summed E-state index contributed by atoms with van der Waals surface area (Å²) in [5, 5.41) is 3.06. The van der Waals surface area contributed by atoms with Gasteiger partial charge in [0.15, 0.2) is 0 Å². The standard InChI is InChI=1S/C18H20ClN3O2S/c19-16-6-5-15(25-16)13-8-20-9-14(13)18(24)22-7-1-2-11(10-22)17(23)21-12-3-4-12/h5-6,8-9,11-12,20H,1-4,7,10H2,(H,21,23). The van der Waals surface area contributed by atoms with Crippen molar-refractivity contribution in [2.24, 2.45) is 5.92 Å².